The number of carbonyl (C=O) groups is 1. The molecule has 0 saturated heterocycles. The summed E-state index contributed by atoms with van der Waals surface area (Å²) in [4.78, 5) is 19.2. The van der Waals surface area contributed by atoms with Crippen LogP contribution in [-0.2, 0) is 16.1 Å². The van der Waals surface area contributed by atoms with Crippen LogP contribution < -0.4 is 10.1 Å². The number of halogens is 1. The van der Waals surface area contributed by atoms with Gasteiger partial charge in [0, 0.05) is 26.2 Å². The van der Waals surface area contributed by atoms with Gasteiger partial charge in [-0.3, -0.25) is 4.79 Å². The number of ether oxygens (including phenoxy) is 2. The number of nitrogens with one attached hydrogen (secondary N) is 1. The normalized spacial score (nSPS) is 21.9. The molecule has 2 saturated carbocycles. The second kappa shape index (κ2) is 7.80. The maximum absolute atomic E-state index is 14.4. The summed E-state index contributed by atoms with van der Waals surface area (Å²) in [6.07, 6.45) is 7.35. The Morgan fingerprint density at radius 3 is 2.89 bits per heavy atom. The highest BCUT2D eigenvalue weighted by atomic mass is 19.1. The van der Waals surface area contributed by atoms with Crippen molar-refractivity contribution in [3.8, 4) is 5.88 Å². The van der Waals surface area contributed by atoms with E-state index in [0.717, 1.165) is 19.4 Å². The first kappa shape index (κ1) is 18.2. The zero-order chi connectivity index (χ0) is 18.8. The van der Waals surface area contributed by atoms with Gasteiger partial charge in [-0.2, -0.15) is 0 Å². The van der Waals surface area contributed by atoms with Gasteiger partial charge in [0.2, 0.25) is 11.8 Å². The fourth-order valence-electron chi connectivity index (χ4n) is 3.47. The van der Waals surface area contributed by atoms with Gasteiger partial charge >= 0.3 is 0 Å². The molecule has 0 atom stereocenters. The molecule has 0 aromatic carbocycles. The standard InChI is InChI=1S/C19H25FN4O3/c1-12(25)21-4-5-26-15-6-14(7-15)10-27-19-17-16(20)9-24(8-13-2-3-13)18(17)22-11-23-19/h9,11,13-15H,2-8,10H2,1H3,(H,21,25). The third kappa shape index (κ3) is 4.37. The number of carbonyl (C=O) groups excluding carboxylic acids is 1. The summed E-state index contributed by atoms with van der Waals surface area (Å²) < 4.78 is 27.8. The Bertz CT molecular complexity index is 815. The van der Waals surface area contributed by atoms with Crippen molar-refractivity contribution in [1.82, 2.24) is 19.9 Å². The Kier molecular flexibility index (Phi) is 5.24. The quantitative estimate of drug-likeness (QED) is 0.680. The van der Waals surface area contributed by atoms with E-state index in [4.69, 9.17) is 9.47 Å². The number of hydrogen-bond donors (Lipinski definition) is 1. The molecule has 0 aliphatic heterocycles. The third-order valence-corrected chi connectivity index (χ3v) is 5.20. The molecule has 8 heteroatoms. The van der Waals surface area contributed by atoms with Crippen molar-refractivity contribution >= 4 is 16.9 Å². The van der Waals surface area contributed by atoms with Gasteiger partial charge in [0.1, 0.15) is 17.4 Å². The van der Waals surface area contributed by atoms with E-state index in [1.54, 1.807) is 0 Å². The van der Waals surface area contributed by atoms with Crippen LogP contribution in [0.2, 0.25) is 0 Å². The zero-order valence-electron chi connectivity index (χ0n) is 15.5. The Morgan fingerprint density at radius 2 is 2.15 bits per heavy atom. The first-order valence-corrected chi connectivity index (χ1v) is 9.58. The van der Waals surface area contributed by atoms with Crippen LogP contribution in [0.4, 0.5) is 4.39 Å². The second-order valence-corrected chi connectivity index (χ2v) is 7.57. The van der Waals surface area contributed by atoms with Gasteiger partial charge in [-0.25, -0.2) is 14.4 Å². The fourth-order valence-corrected chi connectivity index (χ4v) is 3.47. The zero-order valence-corrected chi connectivity index (χ0v) is 15.5. The minimum Gasteiger partial charge on any atom is -0.477 e. The van der Waals surface area contributed by atoms with E-state index in [1.165, 1.54) is 32.3 Å². The molecule has 1 N–H and O–H groups in total. The van der Waals surface area contributed by atoms with E-state index in [0.29, 0.717) is 48.5 Å². The van der Waals surface area contributed by atoms with E-state index in [9.17, 15) is 9.18 Å². The number of rotatable bonds is 9. The molecule has 2 fully saturated rings. The van der Waals surface area contributed by atoms with Crippen LogP contribution in [-0.4, -0.2) is 46.3 Å². The maximum atomic E-state index is 14.4. The van der Waals surface area contributed by atoms with Gasteiger partial charge in [0.05, 0.1) is 19.3 Å². The van der Waals surface area contributed by atoms with Crippen molar-refractivity contribution in [1.29, 1.82) is 0 Å². The molecule has 2 aromatic heterocycles. The van der Waals surface area contributed by atoms with Crippen LogP contribution in [0.15, 0.2) is 12.5 Å². The van der Waals surface area contributed by atoms with Crippen LogP contribution in [0.1, 0.15) is 32.6 Å². The number of hydrogen-bond acceptors (Lipinski definition) is 5. The number of aromatic nitrogens is 3. The Balaban J connectivity index is 1.27. The first-order valence-electron chi connectivity index (χ1n) is 9.58. The maximum Gasteiger partial charge on any atom is 0.229 e. The summed E-state index contributed by atoms with van der Waals surface area (Å²) in [5.41, 5.74) is 0.609. The van der Waals surface area contributed by atoms with E-state index >= 15 is 0 Å². The fraction of sp³-hybridized carbons (Fsp3) is 0.632. The lowest BCUT2D eigenvalue weighted by Gasteiger charge is -2.34. The molecule has 146 valence electrons. The summed E-state index contributed by atoms with van der Waals surface area (Å²) in [5, 5.41) is 3.08. The molecule has 2 aliphatic carbocycles. The highest BCUT2D eigenvalue weighted by molar-refractivity contribution is 5.82. The molecular formula is C19H25FN4O3. The summed E-state index contributed by atoms with van der Waals surface area (Å²) >= 11 is 0. The molecular weight excluding hydrogens is 351 g/mol. The molecule has 2 heterocycles. The Morgan fingerprint density at radius 1 is 1.33 bits per heavy atom. The van der Waals surface area contributed by atoms with Crippen LogP contribution in [0.5, 0.6) is 5.88 Å². The minimum atomic E-state index is -0.325. The van der Waals surface area contributed by atoms with Crippen molar-refractivity contribution in [3.05, 3.63) is 18.3 Å². The van der Waals surface area contributed by atoms with Gasteiger partial charge in [-0.05, 0) is 37.5 Å². The molecule has 0 unspecified atom stereocenters. The van der Waals surface area contributed by atoms with E-state index in [2.05, 4.69) is 15.3 Å². The second-order valence-electron chi connectivity index (χ2n) is 7.57. The van der Waals surface area contributed by atoms with Crippen molar-refractivity contribution < 1.29 is 18.7 Å². The Hall–Kier alpha value is -2.22. The number of amides is 1. The molecule has 4 rings (SSSR count). The molecule has 0 radical (unpaired) electrons. The van der Waals surface area contributed by atoms with Crippen molar-refractivity contribution in [3.63, 3.8) is 0 Å². The lowest BCUT2D eigenvalue weighted by atomic mass is 9.83. The monoisotopic (exact) mass is 376 g/mol. The highest BCUT2D eigenvalue weighted by Gasteiger charge is 2.31. The van der Waals surface area contributed by atoms with Gasteiger partial charge in [0.25, 0.3) is 0 Å². The Labute approximate surface area is 157 Å². The summed E-state index contributed by atoms with van der Waals surface area (Å²) in [5.74, 6) is 0.957. The highest BCUT2D eigenvalue weighted by Crippen LogP contribution is 2.35. The summed E-state index contributed by atoms with van der Waals surface area (Å²) in [6, 6.07) is 0. The lowest BCUT2D eigenvalue weighted by Crippen LogP contribution is -2.37. The SMILES string of the molecule is CC(=O)NCCOC1CC(COc2ncnc3c2c(F)cn3CC2CC2)C1. The minimum absolute atomic E-state index is 0.0483. The van der Waals surface area contributed by atoms with E-state index in [1.807, 2.05) is 4.57 Å². The van der Waals surface area contributed by atoms with Crippen LogP contribution in [0, 0.1) is 17.7 Å². The molecule has 27 heavy (non-hydrogen) atoms. The lowest BCUT2D eigenvalue weighted by molar-refractivity contribution is -0.119. The van der Waals surface area contributed by atoms with Crippen molar-refractivity contribution in [2.75, 3.05) is 19.8 Å². The van der Waals surface area contributed by atoms with Gasteiger partial charge in [0.15, 0.2) is 5.82 Å². The van der Waals surface area contributed by atoms with Gasteiger partial charge in [-0.15, -0.1) is 0 Å². The van der Waals surface area contributed by atoms with Crippen LogP contribution in [0.25, 0.3) is 11.0 Å². The smallest absolute Gasteiger partial charge is 0.229 e. The van der Waals surface area contributed by atoms with Gasteiger partial charge < -0.3 is 19.4 Å². The third-order valence-electron chi connectivity index (χ3n) is 5.20. The van der Waals surface area contributed by atoms with Crippen molar-refractivity contribution in [2.24, 2.45) is 11.8 Å². The molecule has 1 amide bonds. The molecule has 7 nitrogen and oxygen atoms in total. The molecule has 0 bridgehead atoms. The van der Waals surface area contributed by atoms with Crippen LogP contribution >= 0.6 is 0 Å². The molecule has 2 aliphatic rings. The van der Waals surface area contributed by atoms with E-state index < -0.39 is 0 Å². The van der Waals surface area contributed by atoms with Crippen LogP contribution in [0.3, 0.4) is 0 Å². The average Bonchev–Trinajstić information content (AvgIpc) is 3.36. The predicted octanol–water partition coefficient (Wildman–Crippen LogP) is 2.29. The van der Waals surface area contributed by atoms with Crippen molar-refractivity contribution in [2.45, 2.75) is 45.3 Å². The largest absolute Gasteiger partial charge is 0.477 e. The topological polar surface area (TPSA) is 78.3 Å². The van der Waals surface area contributed by atoms with E-state index in [-0.39, 0.29) is 17.8 Å². The average molecular weight is 376 g/mol. The number of nitrogens with zero attached hydrogens (tertiary/aromatic N) is 3. The molecule has 2 aromatic rings. The number of fused-ring (bicyclic) bond motifs is 1. The summed E-state index contributed by atoms with van der Waals surface area (Å²) in [7, 11) is 0. The first-order chi connectivity index (χ1) is 13.1. The van der Waals surface area contributed by atoms with Gasteiger partial charge in [-0.1, -0.05) is 0 Å². The summed E-state index contributed by atoms with van der Waals surface area (Å²) in [6.45, 7) is 3.83. The molecule has 0 spiro atoms. The predicted molar refractivity (Wildman–Crippen MR) is 96.9 cm³/mol.